The predicted molar refractivity (Wildman–Crippen MR) is 142 cm³/mol. The number of carboxylic acid groups (broad SMARTS) is 1. The Labute approximate surface area is 209 Å². The van der Waals surface area contributed by atoms with Crippen molar-refractivity contribution in [2.45, 2.75) is 39.3 Å². The van der Waals surface area contributed by atoms with E-state index in [2.05, 4.69) is 48.3 Å². The third-order valence-corrected chi connectivity index (χ3v) is 6.36. The highest BCUT2D eigenvalue weighted by Gasteiger charge is 2.15. The summed E-state index contributed by atoms with van der Waals surface area (Å²) in [5.41, 5.74) is 10.7. The number of hydrogen-bond donors (Lipinski definition) is 2. The van der Waals surface area contributed by atoms with Crippen molar-refractivity contribution in [3.05, 3.63) is 84.2 Å². The highest BCUT2D eigenvalue weighted by atomic mass is 16.5. The van der Waals surface area contributed by atoms with Crippen LogP contribution in [0.4, 0.5) is 5.82 Å². The smallest absolute Gasteiger partial charge is 0.307 e. The van der Waals surface area contributed by atoms with Crippen molar-refractivity contribution in [1.29, 1.82) is 0 Å². The van der Waals surface area contributed by atoms with Gasteiger partial charge >= 0.3 is 5.97 Å². The maximum atomic E-state index is 11.3. The Morgan fingerprint density at radius 1 is 1.03 bits per heavy atom. The van der Waals surface area contributed by atoms with Gasteiger partial charge in [-0.2, -0.15) is 5.10 Å². The average molecular weight is 481 g/mol. The SMILES string of the molecule is CCCCn1nc(COc2ccccc2CC(=O)O)c2cc(-c3ccc4ccnc(N)c4c3)ccc21. The standard InChI is InChI=1S/C29H28N4O3/c1-2-3-14-33-26-11-10-21(20-9-8-19-12-13-31-29(30)23(19)15-20)16-24(26)25(32-33)18-36-27-7-5-4-6-22(27)17-28(34)35/h4-13,15-16H,2-3,14,17-18H2,1H3,(H2,30,31)(H,34,35). The molecule has 0 aliphatic carbocycles. The zero-order chi connectivity index (χ0) is 25.1. The molecule has 0 aliphatic rings. The molecule has 0 spiro atoms. The summed E-state index contributed by atoms with van der Waals surface area (Å²) in [6.07, 6.45) is 3.72. The maximum Gasteiger partial charge on any atom is 0.307 e. The Kier molecular flexibility index (Phi) is 6.54. The van der Waals surface area contributed by atoms with Crippen LogP contribution in [0.25, 0.3) is 32.8 Å². The third kappa shape index (κ3) is 4.73. The highest BCUT2D eigenvalue weighted by Crippen LogP contribution is 2.31. The van der Waals surface area contributed by atoms with Gasteiger partial charge in [0.1, 0.15) is 23.9 Å². The number of aryl methyl sites for hydroxylation is 1. The molecule has 2 aromatic heterocycles. The minimum Gasteiger partial charge on any atom is -0.487 e. The summed E-state index contributed by atoms with van der Waals surface area (Å²) in [5, 5.41) is 17.1. The second kappa shape index (κ2) is 10.1. The molecular formula is C29H28N4O3. The minimum atomic E-state index is -0.892. The lowest BCUT2D eigenvalue weighted by molar-refractivity contribution is -0.136. The Bertz CT molecular complexity index is 1560. The topological polar surface area (TPSA) is 103 Å². The summed E-state index contributed by atoms with van der Waals surface area (Å²) >= 11 is 0. The van der Waals surface area contributed by atoms with E-state index >= 15 is 0 Å². The second-order valence-corrected chi connectivity index (χ2v) is 8.85. The van der Waals surface area contributed by atoms with Crippen LogP contribution in [0.1, 0.15) is 31.0 Å². The zero-order valence-corrected chi connectivity index (χ0v) is 20.1. The first kappa shape index (κ1) is 23.4. The summed E-state index contributed by atoms with van der Waals surface area (Å²) in [6, 6.07) is 21.7. The van der Waals surface area contributed by atoms with Crippen LogP contribution in [0.15, 0.2) is 72.9 Å². The van der Waals surface area contributed by atoms with Gasteiger partial charge in [0.25, 0.3) is 0 Å². The van der Waals surface area contributed by atoms with Gasteiger partial charge in [0.05, 0.1) is 11.9 Å². The van der Waals surface area contributed by atoms with Crippen LogP contribution in [0.5, 0.6) is 5.75 Å². The van der Waals surface area contributed by atoms with Gasteiger partial charge in [0.15, 0.2) is 0 Å². The largest absolute Gasteiger partial charge is 0.487 e. The van der Waals surface area contributed by atoms with Gasteiger partial charge < -0.3 is 15.6 Å². The van der Waals surface area contributed by atoms with Crippen molar-refractivity contribution in [1.82, 2.24) is 14.8 Å². The van der Waals surface area contributed by atoms with Gasteiger partial charge in [-0.3, -0.25) is 9.48 Å². The number of aromatic nitrogens is 3. The van der Waals surface area contributed by atoms with Crippen LogP contribution < -0.4 is 10.5 Å². The lowest BCUT2D eigenvalue weighted by Crippen LogP contribution is -2.05. The number of nitrogens with two attached hydrogens (primary N) is 1. The molecule has 0 radical (unpaired) electrons. The van der Waals surface area contributed by atoms with E-state index in [9.17, 15) is 9.90 Å². The fourth-order valence-electron chi connectivity index (χ4n) is 4.48. The number of para-hydroxylation sites is 1. The molecule has 0 amide bonds. The number of anilines is 1. The third-order valence-electron chi connectivity index (χ3n) is 6.36. The van der Waals surface area contributed by atoms with E-state index in [1.807, 2.05) is 22.9 Å². The molecule has 5 rings (SSSR count). The van der Waals surface area contributed by atoms with Crippen molar-refractivity contribution in [2.75, 3.05) is 5.73 Å². The number of pyridine rings is 1. The first-order chi connectivity index (χ1) is 17.5. The number of ether oxygens (including phenoxy) is 1. The molecule has 0 saturated heterocycles. The Hall–Kier alpha value is -4.39. The van der Waals surface area contributed by atoms with Crippen molar-refractivity contribution in [3.8, 4) is 16.9 Å². The van der Waals surface area contributed by atoms with Crippen molar-refractivity contribution >= 4 is 33.5 Å². The number of fused-ring (bicyclic) bond motifs is 2. The van der Waals surface area contributed by atoms with Crippen molar-refractivity contribution in [2.24, 2.45) is 0 Å². The van der Waals surface area contributed by atoms with Gasteiger partial charge in [0, 0.05) is 29.1 Å². The summed E-state index contributed by atoms with van der Waals surface area (Å²) in [5.74, 6) is 0.179. The molecular weight excluding hydrogens is 452 g/mol. The number of unbranched alkanes of at least 4 members (excludes halogenated alkanes) is 1. The molecule has 2 heterocycles. The number of nitrogen functional groups attached to an aromatic ring is 1. The van der Waals surface area contributed by atoms with Crippen molar-refractivity contribution in [3.63, 3.8) is 0 Å². The van der Waals surface area contributed by atoms with Crippen LogP contribution in [-0.4, -0.2) is 25.8 Å². The van der Waals surface area contributed by atoms with E-state index < -0.39 is 5.97 Å². The van der Waals surface area contributed by atoms with E-state index in [-0.39, 0.29) is 13.0 Å². The van der Waals surface area contributed by atoms with Gasteiger partial charge in [-0.1, -0.05) is 49.7 Å². The maximum absolute atomic E-state index is 11.3. The fourth-order valence-corrected chi connectivity index (χ4v) is 4.48. The number of carboxylic acids is 1. The van der Waals surface area contributed by atoms with E-state index in [0.717, 1.165) is 57.9 Å². The summed E-state index contributed by atoms with van der Waals surface area (Å²) in [7, 11) is 0. The van der Waals surface area contributed by atoms with Crippen LogP contribution in [-0.2, 0) is 24.4 Å². The Morgan fingerprint density at radius 2 is 1.81 bits per heavy atom. The average Bonchev–Trinajstić information content (AvgIpc) is 3.23. The first-order valence-corrected chi connectivity index (χ1v) is 12.1. The van der Waals surface area contributed by atoms with Crippen LogP contribution >= 0.6 is 0 Å². The molecule has 36 heavy (non-hydrogen) atoms. The molecule has 0 atom stereocenters. The molecule has 7 heteroatoms. The van der Waals surface area contributed by atoms with E-state index in [0.29, 0.717) is 17.1 Å². The molecule has 0 aliphatic heterocycles. The van der Waals surface area contributed by atoms with Gasteiger partial charge in [0.2, 0.25) is 0 Å². The lowest BCUT2D eigenvalue weighted by atomic mass is 10.00. The van der Waals surface area contributed by atoms with E-state index in [4.69, 9.17) is 15.6 Å². The first-order valence-electron chi connectivity index (χ1n) is 12.1. The molecule has 7 nitrogen and oxygen atoms in total. The normalized spacial score (nSPS) is 11.2. The summed E-state index contributed by atoms with van der Waals surface area (Å²) in [6.45, 7) is 3.22. The Balaban J connectivity index is 1.53. The van der Waals surface area contributed by atoms with Crippen LogP contribution in [0.3, 0.4) is 0 Å². The van der Waals surface area contributed by atoms with Gasteiger partial charge in [-0.15, -0.1) is 0 Å². The quantitative estimate of drug-likeness (QED) is 0.275. The number of carbonyl (C=O) groups is 1. The Morgan fingerprint density at radius 3 is 2.61 bits per heavy atom. The monoisotopic (exact) mass is 480 g/mol. The molecule has 0 unspecified atom stereocenters. The number of nitrogens with zero attached hydrogens (tertiary/aromatic N) is 3. The predicted octanol–water partition coefficient (Wildman–Crippen LogP) is 5.84. The molecule has 3 N–H and O–H groups in total. The lowest BCUT2D eigenvalue weighted by Gasteiger charge is -2.09. The number of aliphatic carboxylic acids is 1. The molecule has 182 valence electrons. The van der Waals surface area contributed by atoms with Crippen LogP contribution in [0.2, 0.25) is 0 Å². The molecule has 3 aromatic carbocycles. The summed E-state index contributed by atoms with van der Waals surface area (Å²) in [4.78, 5) is 15.5. The molecule has 0 saturated carbocycles. The molecule has 0 fully saturated rings. The van der Waals surface area contributed by atoms with Crippen LogP contribution in [0, 0.1) is 0 Å². The second-order valence-electron chi connectivity index (χ2n) is 8.85. The van der Waals surface area contributed by atoms with E-state index in [1.54, 1.807) is 18.3 Å². The number of rotatable bonds is 9. The number of hydrogen-bond acceptors (Lipinski definition) is 5. The fraction of sp³-hybridized carbons (Fsp3) is 0.207. The molecule has 0 bridgehead atoms. The van der Waals surface area contributed by atoms with E-state index in [1.165, 1.54) is 0 Å². The molecule has 5 aromatic rings. The zero-order valence-electron chi connectivity index (χ0n) is 20.1. The van der Waals surface area contributed by atoms with Gasteiger partial charge in [-0.25, -0.2) is 4.98 Å². The van der Waals surface area contributed by atoms with Gasteiger partial charge in [-0.05, 0) is 53.3 Å². The highest BCUT2D eigenvalue weighted by molar-refractivity contribution is 5.95. The number of benzene rings is 3. The minimum absolute atomic E-state index is 0.0913. The summed E-state index contributed by atoms with van der Waals surface area (Å²) < 4.78 is 8.14. The van der Waals surface area contributed by atoms with Crippen molar-refractivity contribution < 1.29 is 14.6 Å².